The number of phenolic OH excluding ortho intramolecular Hbond substituents is 1. The van der Waals surface area contributed by atoms with Crippen LogP contribution in [0.4, 0.5) is 11.4 Å². The van der Waals surface area contributed by atoms with E-state index >= 15 is 0 Å². The molecular weight excluding hydrogens is 494 g/mol. The van der Waals surface area contributed by atoms with Crippen LogP contribution in [0.2, 0.25) is 0 Å². The molecule has 2 heterocycles. The van der Waals surface area contributed by atoms with Gasteiger partial charge in [-0.3, -0.25) is 24.6 Å². The van der Waals surface area contributed by atoms with Crippen molar-refractivity contribution < 1.29 is 29.1 Å². The van der Waals surface area contributed by atoms with E-state index in [9.17, 15) is 24.8 Å². The van der Waals surface area contributed by atoms with E-state index in [0.717, 1.165) is 23.8 Å². The topological polar surface area (TPSA) is 131 Å². The molecule has 0 aromatic heterocycles. The standard InChI is InChI=1S/C23H21N3O7S2/c27-17-7-6-15(26(30)31)12-16(17)24-21(28)4-2-1-3-9-25-22(29)20(35-23(25)34)11-14-5-8-18-19(10-14)33-13-32-18/h5-8,10-12,27H,1-4,9,13H2,(H,24,28)/b20-11-. The number of aromatic hydroxyl groups is 1. The third kappa shape index (κ3) is 5.89. The predicted octanol–water partition coefficient (Wildman–Crippen LogP) is 4.43. The van der Waals surface area contributed by atoms with Gasteiger partial charge in [-0.05, 0) is 42.7 Å². The lowest BCUT2D eigenvalue weighted by atomic mass is 10.1. The molecule has 0 radical (unpaired) electrons. The van der Waals surface area contributed by atoms with Crippen LogP contribution in [0.15, 0.2) is 41.3 Å². The number of phenols is 1. The average Bonchev–Trinajstić information content (AvgIpc) is 3.39. The molecule has 12 heteroatoms. The number of hydrogen-bond acceptors (Lipinski definition) is 9. The maximum Gasteiger partial charge on any atom is 0.271 e. The zero-order valence-electron chi connectivity index (χ0n) is 18.4. The van der Waals surface area contributed by atoms with E-state index in [1.165, 1.54) is 11.8 Å². The summed E-state index contributed by atoms with van der Waals surface area (Å²) in [4.78, 5) is 37.3. The highest BCUT2D eigenvalue weighted by atomic mass is 32.2. The summed E-state index contributed by atoms with van der Waals surface area (Å²) in [7, 11) is 0. The summed E-state index contributed by atoms with van der Waals surface area (Å²) in [6, 6.07) is 8.89. The summed E-state index contributed by atoms with van der Waals surface area (Å²) in [5.74, 6) is 0.547. The number of nitro benzene ring substituents is 1. The van der Waals surface area contributed by atoms with Gasteiger partial charge >= 0.3 is 0 Å². The number of hydrogen-bond donors (Lipinski definition) is 2. The van der Waals surface area contributed by atoms with Crippen molar-refractivity contribution in [1.82, 2.24) is 4.90 Å². The fourth-order valence-electron chi connectivity index (χ4n) is 3.53. The van der Waals surface area contributed by atoms with Gasteiger partial charge in [0.2, 0.25) is 12.7 Å². The number of carbonyl (C=O) groups excluding carboxylic acids is 2. The van der Waals surface area contributed by atoms with Crippen LogP contribution in [0, 0.1) is 10.1 Å². The smallest absolute Gasteiger partial charge is 0.271 e. The Balaban J connectivity index is 1.23. The van der Waals surface area contributed by atoms with Crippen molar-refractivity contribution in [2.75, 3.05) is 18.7 Å². The number of thiocarbonyl (C=S) groups is 1. The van der Waals surface area contributed by atoms with Crippen molar-refractivity contribution in [3.63, 3.8) is 0 Å². The molecule has 10 nitrogen and oxygen atoms in total. The zero-order valence-corrected chi connectivity index (χ0v) is 20.0. The van der Waals surface area contributed by atoms with E-state index in [1.54, 1.807) is 17.0 Å². The minimum absolute atomic E-state index is 0.00369. The third-order valence-electron chi connectivity index (χ3n) is 5.32. The predicted molar refractivity (Wildman–Crippen MR) is 134 cm³/mol. The first-order chi connectivity index (χ1) is 16.8. The first-order valence-electron chi connectivity index (χ1n) is 10.7. The number of nitrogens with one attached hydrogen (secondary N) is 1. The van der Waals surface area contributed by atoms with Crippen LogP contribution in [0.5, 0.6) is 17.2 Å². The molecule has 1 saturated heterocycles. The Bertz CT molecular complexity index is 1230. The molecule has 0 saturated carbocycles. The SMILES string of the molecule is O=C(CCCCCN1C(=O)/C(=C/c2ccc3c(c2)OCO3)SC1=S)Nc1cc([N+](=O)[O-])ccc1O. The normalized spacial score (nSPS) is 15.7. The summed E-state index contributed by atoms with van der Waals surface area (Å²) in [6.07, 6.45) is 3.81. The van der Waals surface area contributed by atoms with Gasteiger partial charge in [-0.25, -0.2) is 0 Å². The van der Waals surface area contributed by atoms with Crippen LogP contribution in [0.3, 0.4) is 0 Å². The summed E-state index contributed by atoms with van der Waals surface area (Å²) < 4.78 is 11.2. The number of nitrogens with zero attached hydrogens (tertiary/aromatic N) is 2. The second kappa shape index (κ2) is 10.7. The number of anilines is 1. The quantitative estimate of drug-likeness (QED) is 0.124. The van der Waals surface area contributed by atoms with Gasteiger partial charge < -0.3 is 19.9 Å². The van der Waals surface area contributed by atoms with Crippen molar-refractivity contribution in [3.8, 4) is 17.2 Å². The first kappa shape index (κ1) is 24.5. The highest BCUT2D eigenvalue weighted by Gasteiger charge is 2.31. The molecule has 35 heavy (non-hydrogen) atoms. The molecule has 0 unspecified atom stereocenters. The van der Waals surface area contributed by atoms with Crippen molar-refractivity contribution in [1.29, 1.82) is 0 Å². The van der Waals surface area contributed by atoms with Gasteiger partial charge in [-0.2, -0.15) is 0 Å². The van der Waals surface area contributed by atoms with Crippen LogP contribution in [0.1, 0.15) is 31.2 Å². The minimum atomic E-state index is -0.604. The molecule has 4 rings (SSSR count). The second-order valence-corrected chi connectivity index (χ2v) is 9.44. The fraction of sp³-hybridized carbons (Fsp3) is 0.261. The molecule has 0 atom stereocenters. The fourth-order valence-corrected chi connectivity index (χ4v) is 4.84. The molecule has 1 fully saturated rings. The van der Waals surface area contributed by atoms with Crippen molar-refractivity contribution >= 4 is 57.6 Å². The van der Waals surface area contributed by atoms with Crippen molar-refractivity contribution in [2.45, 2.75) is 25.7 Å². The summed E-state index contributed by atoms with van der Waals surface area (Å²) in [5, 5.41) is 23.1. The molecule has 2 amide bonds. The highest BCUT2D eigenvalue weighted by Crippen LogP contribution is 2.36. The highest BCUT2D eigenvalue weighted by molar-refractivity contribution is 8.26. The number of nitro groups is 1. The Morgan fingerprint density at radius 2 is 2.00 bits per heavy atom. The Morgan fingerprint density at radius 3 is 2.80 bits per heavy atom. The number of non-ortho nitro benzene ring substituents is 1. The van der Waals surface area contributed by atoms with E-state index in [-0.39, 0.29) is 42.2 Å². The maximum absolute atomic E-state index is 12.8. The largest absolute Gasteiger partial charge is 0.506 e. The molecule has 2 aliphatic heterocycles. The number of rotatable bonds is 9. The molecule has 2 N–H and O–H groups in total. The number of fused-ring (bicyclic) bond motifs is 1. The summed E-state index contributed by atoms with van der Waals surface area (Å²) in [5.41, 5.74) is 0.584. The number of amides is 2. The van der Waals surface area contributed by atoms with Gasteiger partial charge in [-0.1, -0.05) is 36.5 Å². The first-order valence-corrected chi connectivity index (χ1v) is 12.0. The number of ether oxygens (including phenoxy) is 2. The van der Waals surface area contributed by atoms with Crippen LogP contribution in [0.25, 0.3) is 6.08 Å². The van der Waals surface area contributed by atoms with Crippen LogP contribution in [-0.4, -0.2) is 44.4 Å². The lowest BCUT2D eigenvalue weighted by Gasteiger charge is -2.14. The molecule has 0 bridgehead atoms. The molecule has 0 spiro atoms. The zero-order chi connectivity index (χ0) is 24.9. The Kier molecular flexibility index (Phi) is 7.51. The maximum atomic E-state index is 12.8. The van der Waals surface area contributed by atoms with E-state index in [2.05, 4.69) is 5.32 Å². The molecule has 182 valence electrons. The van der Waals surface area contributed by atoms with Gasteiger partial charge in [0.05, 0.1) is 15.5 Å². The van der Waals surface area contributed by atoms with E-state index in [1.807, 2.05) is 12.1 Å². The van der Waals surface area contributed by atoms with E-state index in [0.29, 0.717) is 46.5 Å². The number of carbonyl (C=O) groups is 2. The second-order valence-electron chi connectivity index (χ2n) is 7.76. The van der Waals surface area contributed by atoms with E-state index in [4.69, 9.17) is 21.7 Å². The number of thioether (sulfide) groups is 1. The van der Waals surface area contributed by atoms with Crippen molar-refractivity contribution in [3.05, 3.63) is 57.0 Å². The summed E-state index contributed by atoms with van der Waals surface area (Å²) in [6.45, 7) is 0.621. The van der Waals surface area contributed by atoms with Gasteiger partial charge in [0.25, 0.3) is 11.6 Å². The van der Waals surface area contributed by atoms with Crippen molar-refractivity contribution in [2.24, 2.45) is 0 Å². The molecule has 2 aliphatic rings. The van der Waals surface area contributed by atoms with Crippen LogP contribution < -0.4 is 14.8 Å². The monoisotopic (exact) mass is 515 g/mol. The number of benzene rings is 2. The van der Waals surface area contributed by atoms with Gasteiger partial charge in [0, 0.05) is 25.1 Å². The van der Waals surface area contributed by atoms with Crippen LogP contribution in [-0.2, 0) is 9.59 Å². The Labute approximate surface area is 210 Å². The lowest BCUT2D eigenvalue weighted by molar-refractivity contribution is -0.384. The van der Waals surface area contributed by atoms with Gasteiger partial charge in [0.1, 0.15) is 10.1 Å². The van der Waals surface area contributed by atoms with E-state index < -0.39 is 4.92 Å². The third-order valence-corrected chi connectivity index (χ3v) is 6.70. The van der Waals surface area contributed by atoms with Crippen LogP contribution >= 0.6 is 24.0 Å². The minimum Gasteiger partial charge on any atom is -0.506 e. The van der Waals surface area contributed by atoms with Gasteiger partial charge in [0.15, 0.2) is 11.5 Å². The molecule has 2 aromatic carbocycles. The molecule has 0 aliphatic carbocycles. The summed E-state index contributed by atoms with van der Waals surface area (Å²) >= 11 is 6.62. The van der Waals surface area contributed by atoms with Gasteiger partial charge in [-0.15, -0.1) is 0 Å². The Morgan fingerprint density at radius 1 is 1.20 bits per heavy atom. The lowest BCUT2D eigenvalue weighted by Crippen LogP contribution is -2.29. The molecular formula is C23H21N3O7S2. The number of unbranched alkanes of at least 4 members (excludes halogenated alkanes) is 2. The average molecular weight is 516 g/mol. The Hall–Kier alpha value is -3.64. The molecule has 2 aromatic rings.